The summed E-state index contributed by atoms with van der Waals surface area (Å²) in [6.45, 7) is 1.91. The number of aliphatic hydroxyl groups excluding tert-OH is 1. The molecule has 1 aliphatic rings. The number of nitrogens with zero attached hydrogens (tertiary/aromatic N) is 2. The van der Waals surface area contributed by atoms with Crippen molar-refractivity contribution in [1.82, 2.24) is 9.88 Å². The second kappa shape index (κ2) is 12.4. The maximum absolute atomic E-state index is 13.3. The van der Waals surface area contributed by atoms with Gasteiger partial charge in [-0.25, -0.2) is 4.39 Å². The van der Waals surface area contributed by atoms with Gasteiger partial charge < -0.3 is 14.9 Å². The van der Waals surface area contributed by atoms with E-state index >= 15 is 0 Å². The number of fused-ring (bicyclic) bond motifs is 1. The maximum atomic E-state index is 13.3. The van der Waals surface area contributed by atoms with Gasteiger partial charge in [-0.05, 0) is 85.7 Å². The maximum Gasteiger partial charge on any atom is 0.303 e. The number of pyridine rings is 1. The molecule has 2 N–H and O–H groups in total. The molecule has 37 heavy (non-hydrogen) atoms. The lowest BCUT2D eigenvalue weighted by Gasteiger charge is -2.37. The van der Waals surface area contributed by atoms with Crippen LogP contribution in [-0.4, -0.2) is 52.8 Å². The quantitative estimate of drug-likeness (QED) is 0.388. The van der Waals surface area contributed by atoms with E-state index in [1.54, 1.807) is 19.4 Å². The highest BCUT2D eigenvalue weighted by atomic mass is 35.5. The van der Waals surface area contributed by atoms with Crippen LogP contribution in [-0.2, 0) is 4.79 Å². The Labute approximate surface area is 221 Å². The first kappa shape index (κ1) is 26.9. The van der Waals surface area contributed by atoms with Gasteiger partial charge in [0, 0.05) is 30.1 Å². The molecule has 0 saturated carbocycles. The predicted octanol–water partition coefficient (Wildman–Crippen LogP) is 5.31. The number of methoxy groups -OCH3 is 1. The zero-order valence-electron chi connectivity index (χ0n) is 20.7. The van der Waals surface area contributed by atoms with Crippen LogP contribution < -0.4 is 4.74 Å². The molecule has 0 amide bonds. The average molecular weight is 525 g/mol. The van der Waals surface area contributed by atoms with Crippen molar-refractivity contribution < 1.29 is 24.1 Å². The van der Waals surface area contributed by atoms with Crippen LogP contribution in [0.25, 0.3) is 10.9 Å². The van der Waals surface area contributed by atoms with Gasteiger partial charge in [0.1, 0.15) is 11.6 Å². The smallest absolute Gasteiger partial charge is 0.303 e. The molecule has 2 aromatic carbocycles. The molecular weight excluding hydrogens is 495 g/mol. The first-order valence-corrected chi connectivity index (χ1v) is 12.7. The summed E-state index contributed by atoms with van der Waals surface area (Å²) in [5.74, 6) is 5.65. The van der Waals surface area contributed by atoms with Crippen molar-refractivity contribution in [1.29, 1.82) is 0 Å². The molecule has 3 atom stereocenters. The number of hydrogen-bond donors (Lipinski definition) is 2. The number of aromatic nitrogens is 1. The molecule has 0 bridgehead atoms. The fourth-order valence-corrected chi connectivity index (χ4v) is 5.23. The van der Waals surface area contributed by atoms with Crippen molar-refractivity contribution in [2.75, 3.05) is 26.7 Å². The zero-order chi connectivity index (χ0) is 26.4. The van der Waals surface area contributed by atoms with Crippen LogP contribution >= 0.6 is 11.6 Å². The standard InChI is InChI=1S/C29H30ClFN2O4/c1-37-22-6-8-27-24(17-22)23(10-12-32-27)28(34)9-5-20-11-14-33(18-21(20)16-29(35)36)13-2-3-19-4-7-26(31)25(30)15-19/h4,6-8,10,12,15,17,20-21,28,34H,5,9,11,13-14,16,18H2,1H3,(H,35,36)/t20-,21+,28+/m1/s1. The lowest BCUT2D eigenvalue weighted by Crippen LogP contribution is -2.41. The summed E-state index contributed by atoms with van der Waals surface area (Å²) in [6, 6.07) is 11.8. The molecule has 2 heterocycles. The lowest BCUT2D eigenvalue weighted by molar-refractivity contribution is -0.139. The van der Waals surface area contributed by atoms with Crippen molar-refractivity contribution in [3.8, 4) is 17.6 Å². The topological polar surface area (TPSA) is 82.9 Å². The van der Waals surface area contributed by atoms with Gasteiger partial charge >= 0.3 is 5.97 Å². The van der Waals surface area contributed by atoms with Crippen molar-refractivity contribution in [2.24, 2.45) is 11.8 Å². The summed E-state index contributed by atoms with van der Waals surface area (Å²) >= 11 is 5.82. The van der Waals surface area contributed by atoms with Crippen LogP contribution in [0.15, 0.2) is 48.7 Å². The van der Waals surface area contributed by atoms with E-state index in [-0.39, 0.29) is 23.3 Å². The molecular formula is C29H30ClFN2O4. The molecule has 0 radical (unpaired) electrons. The monoisotopic (exact) mass is 524 g/mol. The first-order valence-electron chi connectivity index (χ1n) is 12.3. The molecule has 1 aromatic heterocycles. The summed E-state index contributed by atoms with van der Waals surface area (Å²) in [4.78, 5) is 18.1. The largest absolute Gasteiger partial charge is 0.497 e. The SMILES string of the molecule is COc1ccc2nccc([C@@H](O)CC[C@@H]3CCN(CC#Cc4ccc(F)c(Cl)c4)C[C@@H]3CC(=O)O)c2c1. The van der Waals surface area contributed by atoms with Gasteiger partial charge in [0.2, 0.25) is 0 Å². The summed E-state index contributed by atoms with van der Waals surface area (Å²) in [5.41, 5.74) is 2.23. The van der Waals surface area contributed by atoms with Gasteiger partial charge in [0.15, 0.2) is 0 Å². The molecule has 8 heteroatoms. The number of hydrogen-bond acceptors (Lipinski definition) is 5. The number of piperidine rings is 1. The summed E-state index contributed by atoms with van der Waals surface area (Å²) in [5, 5.41) is 21.4. The number of rotatable bonds is 8. The number of aliphatic hydroxyl groups is 1. The number of ether oxygens (including phenoxy) is 1. The zero-order valence-corrected chi connectivity index (χ0v) is 21.4. The predicted molar refractivity (Wildman–Crippen MR) is 141 cm³/mol. The molecule has 4 rings (SSSR count). The third-order valence-electron chi connectivity index (χ3n) is 7.02. The van der Waals surface area contributed by atoms with E-state index in [1.807, 2.05) is 24.3 Å². The Balaban J connectivity index is 1.39. The van der Waals surface area contributed by atoms with Gasteiger partial charge in [0.05, 0.1) is 30.3 Å². The van der Waals surface area contributed by atoms with E-state index in [9.17, 15) is 19.4 Å². The van der Waals surface area contributed by atoms with E-state index in [0.29, 0.717) is 30.8 Å². The van der Waals surface area contributed by atoms with Crippen molar-refractivity contribution in [3.05, 3.63) is 70.6 Å². The number of likely N-dealkylation sites (tertiary alicyclic amines) is 1. The Morgan fingerprint density at radius 1 is 1.27 bits per heavy atom. The van der Waals surface area contributed by atoms with Crippen LogP contribution in [0.5, 0.6) is 5.75 Å². The van der Waals surface area contributed by atoms with Crippen LogP contribution in [0.4, 0.5) is 4.39 Å². The van der Waals surface area contributed by atoms with E-state index < -0.39 is 17.9 Å². The Bertz CT molecular complexity index is 1320. The molecule has 0 aliphatic carbocycles. The van der Waals surface area contributed by atoms with Gasteiger partial charge in [-0.1, -0.05) is 23.4 Å². The van der Waals surface area contributed by atoms with Crippen molar-refractivity contribution >= 4 is 28.5 Å². The van der Waals surface area contributed by atoms with Gasteiger partial charge in [0.25, 0.3) is 0 Å². The van der Waals surface area contributed by atoms with Crippen LogP contribution in [0.2, 0.25) is 5.02 Å². The van der Waals surface area contributed by atoms with Gasteiger partial charge in [-0.2, -0.15) is 0 Å². The molecule has 1 fully saturated rings. The summed E-state index contributed by atoms with van der Waals surface area (Å²) < 4.78 is 18.7. The highest BCUT2D eigenvalue weighted by Crippen LogP contribution is 2.34. The van der Waals surface area contributed by atoms with Gasteiger partial charge in [-0.15, -0.1) is 0 Å². The Hall–Kier alpha value is -3.18. The molecule has 194 valence electrons. The molecule has 1 aliphatic heterocycles. The number of aliphatic carboxylic acids is 1. The minimum Gasteiger partial charge on any atom is -0.497 e. The molecule has 0 unspecified atom stereocenters. The van der Waals surface area contributed by atoms with E-state index in [1.165, 1.54) is 12.1 Å². The number of carbonyl (C=O) groups is 1. The molecule has 3 aromatic rings. The van der Waals surface area contributed by atoms with Crippen LogP contribution in [0.3, 0.4) is 0 Å². The molecule has 6 nitrogen and oxygen atoms in total. The van der Waals surface area contributed by atoms with Crippen LogP contribution in [0.1, 0.15) is 42.9 Å². The number of halogens is 2. The number of carboxylic acids is 1. The highest BCUT2D eigenvalue weighted by Gasteiger charge is 2.31. The van der Waals surface area contributed by atoms with Crippen molar-refractivity contribution in [3.63, 3.8) is 0 Å². The normalized spacial score (nSPS) is 18.7. The Kier molecular flexibility index (Phi) is 8.99. The molecule has 0 spiro atoms. The third-order valence-corrected chi connectivity index (χ3v) is 7.31. The van der Waals surface area contributed by atoms with E-state index in [4.69, 9.17) is 16.3 Å². The second-order valence-corrected chi connectivity index (χ2v) is 9.86. The number of carboxylic acid groups (broad SMARTS) is 1. The average Bonchev–Trinajstić information content (AvgIpc) is 2.89. The highest BCUT2D eigenvalue weighted by molar-refractivity contribution is 6.30. The minimum absolute atomic E-state index is 0.0326. The van der Waals surface area contributed by atoms with E-state index in [0.717, 1.165) is 35.9 Å². The van der Waals surface area contributed by atoms with Crippen molar-refractivity contribution in [2.45, 2.75) is 31.8 Å². The Morgan fingerprint density at radius 2 is 2.11 bits per heavy atom. The fraction of sp³-hybridized carbons (Fsp3) is 0.379. The van der Waals surface area contributed by atoms with E-state index in [2.05, 4.69) is 21.7 Å². The Morgan fingerprint density at radius 3 is 2.86 bits per heavy atom. The third kappa shape index (κ3) is 6.98. The van der Waals surface area contributed by atoms with Gasteiger partial charge in [-0.3, -0.25) is 14.7 Å². The minimum atomic E-state index is -0.823. The van der Waals surface area contributed by atoms with Crippen LogP contribution in [0, 0.1) is 29.5 Å². The lowest BCUT2D eigenvalue weighted by atomic mass is 9.79. The first-order chi connectivity index (χ1) is 17.8. The fourth-order valence-electron chi connectivity index (χ4n) is 5.05. The molecule has 1 saturated heterocycles. The summed E-state index contributed by atoms with van der Waals surface area (Å²) in [7, 11) is 1.60. The number of benzene rings is 2. The summed E-state index contributed by atoms with van der Waals surface area (Å²) in [6.07, 6.45) is 3.17. The second-order valence-electron chi connectivity index (χ2n) is 9.45.